The minimum Gasteiger partial charge on any atom is -0.396 e. The summed E-state index contributed by atoms with van der Waals surface area (Å²) in [6.45, 7) is 10.2. The van der Waals surface area contributed by atoms with E-state index < -0.39 is 0 Å². The van der Waals surface area contributed by atoms with Crippen LogP contribution in [0.3, 0.4) is 0 Å². The van der Waals surface area contributed by atoms with Gasteiger partial charge in [-0.3, -0.25) is 0 Å². The van der Waals surface area contributed by atoms with Crippen LogP contribution in [0.15, 0.2) is 0 Å². The van der Waals surface area contributed by atoms with Crippen LogP contribution < -0.4 is 0 Å². The lowest BCUT2D eigenvalue weighted by Crippen LogP contribution is -2.15. The zero-order valence-corrected chi connectivity index (χ0v) is 21.2. The SMILES string of the molecule is OCCCOCCOCCOCCOCCOCCOCCOCCOCCOCCOCCO. The number of aliphatic hydroxyl groups is 2. The van der Waals surface area contributed by atoms with Crippen LogP contribution in [0.2, 0.25) is 0 Å². The highest BCUT2D eigenvalue weighted by Gasteiger charge is 1.96. The third kappa shape index (κ3) is 33.5. The van der Waals surface area contributed by atoms with Crippen molar-refractivity contribution in [1.29, 1.82) is 0 Å². The Balaban J connectivity index is 3.00. The summed E-state index contributed by atoms with van der Waals surface area (Å²) >= 11 is 0. The standard InChI is InChI=1S/C23H48O12/c24-2-1-4-26-6-8-28-10-12-30-14-16-32-18-20-34-22-23-35-21-19-33-17-15-31-13-11-29-9-7-27-5-3-25/h24-25H,1-23H2. The molecule has 212 valence electrons. The molecular formula is C23H48O12. The van der Waals surface area contributed by atoms with E-state index in [9.17, 15) is 0 Å². The van der Waals surface area contributed by atoms with Gasteiger partial charge in [0.2, 0.25) is 0 Å². The normalized spacial score (nSPS) is 11.5. The van der Waals surface area contributed by atoms with Crippen molar-refractivity contribution in [3.8, 4) is 0 Å². The molecule has 0 spiro atoms. The van der Waals surface area contributed by atoms with Gasteiger partial charge in [0, 0.05) is 13.2 Å². The summed E-state index contributed by atoms with van der Waals surface area (Å²) in [5.41, 5.74) is 0. The van der Waals surface area contributed by atoms with Crippen molar-refractivity contribution >= 4 is 0 Å². The first kappa shape index (κ1) is 34.5. The number of aliphatic hydroxyl groups excluding tert-OH is 2. The van der Waals surface area contributed by atoms with Gasteiger partial charge in [-0.25, -0.2) is 0 Å². The minimum atomic E-state index is 0.0267. The monoisotopic (exact) mass is 516 g/mol. The first-order valence-electron chi connectivity index (χ1n) is 12.4. The molecule has 0 rings (SSSR count). The zero-order chi connectivity index (χ0) is 25.3. The average Bonchev–Trinajstić information content (AvgIpc) is 2.87. The van der Waals surface area contributed by atoms with E-state index in [1.165, 1.54) is 0 Å². The van der Waals surface area contributed by atoms with E-state index in [1.54, 1.807) is 0 Å². The molecule has 35 heavy (non-hydrogen) atoms. The van der Waals surface area contributed by atoms with Gasteiger partial charge in [0.25, 0.3) is 0 Å². The van der Waals surface area contributed by atoms with Gasteiger partial charge in [-0.05, 0) is 6.42 Å². The molecule has 0 heterocycles. The Morgan fingerprint density at radius 3 is 0.629 bits per heavy atom. The molecule has 0 aliphatic rings. The third-order valence-corrected chi connectivity index (χ3v) is 4.03. The van der Waals surface area contributed by atoms with Gasteiger partial charge < -0.3 is 57.6 Å². The topological polar surface area (TPSA) is 133 Å². The van der Waals surface area contributed by atoms with Crippen LogP contribution in [-0.2, 0) is 47.4 Å². The molecule has 12 heteroatoms. The van der Waals surface area contributed by atoms with E-state index in [0.29, 0.717) is 139 Å². The highest BCUT2D eigenvalue weighted by atomic mass is 16.6. The fourth-order valence-corrected chi connectivity index (χ4v) is 2.31. The summed E-state index contributed by atoms with van der Waals surface area (Å²) in [5.74, 6) is 0. The largest absolute Gasteiger partial charge is 0.396 e. The second-order valence-corrected chi connectivity index (χ2v) is 6.92. The molecule has 0 radical (unpaired) electrons. The maximum atomic E-state index is 8.61. The quantitative estimate of drug-likeness (QED) is 0.112. The number of hydrogen-bond donors (Lipinski definition) is 2. The van der Waals surface area contributed by atoms with Crippen LogP contribution in [0.5, 0.6) is 0 Å². The Morgan fingerprint density at radius 1 is 0.229 bits per heavy atom. The third-order valence-electron chi connectivity index (χ3n) is 4.03. The fourth-order valence-electron chi connectivity index (χ4n) is 2.31. The average molecular weight is 517 g/mol. The number of rotatable bonds is 32. The molecular weight excluding hydrogens is 468 g/mol. The first-order valence-corrected chi connectivity index (χ1v) is 12.4. The van der Waals surface area contributed by atoms with Crippen molar-refractivity contribution < 1.29 is 57.6 Å². The van der Waals surface area contributed by atoms with Crippen molar-refractivity contribution in [3.63, 3.8) is 0 Å². The maximum Gasteiger partial charge on any atom is 0.0701 e. The van der Waals surface area contributed by atoms with E-state index in [-0.39, 0.29) is 13.2 Å². The van der Waals surface area contributed by atoms with Crippen LogP contribution in [0.25, 0.3) is 0 Å². The lowest BCUT2D eigenvalue weighted by molar-refractivity contribution is -0.0269. The first-order chi connectivity index (χ1) is 17.4. The molecule has 12 nitrogen and oxygen atoms in total. The zero-order valence-electron chi connectivity index (χ0n) is 21.2. The van der Waals surface area contributed by atoms with Gasteiger partial charge in [-0.1, -0.05) is 0 Å². The highest BCUT2D eigenvalue weighted by molar-refractivity contribution is 4.38. The molecule has 2 N–H and O–H groups in total. The van der Waals surface area contributed by atoms with Gasteiger partial charge in [0.1, 0.15) is 0 Å². The molecule has 0 aliphatic carbocycles. The van der Waals surface area contributed by atoms with Crippen molar-refractivity contribution in [1.82, 2.24) is 0 Å². The summed E-state index contributed by atoms with van der Waals surface area (Å²) in [6, 6.07) is 0. The second kappa shape index (κ2) is 33.5. The van der Waals surface area contributed by atoms with Crippen LogP contribution >= 0.6 is 0 Å². The van der Waals surface area contributed by atoms with Crippen LogP contribution in [0, 0.1) is 0 Å². The van der Waals surface area contributed by atoms with Crippen molar-refractivity contribution in [2.75, 3.05) is 145 Å². The van der Waals surface area contributed by atoms with E-state index >= 15 is 0 Å². The van der Waals surface area contributed by atoms with E-state index in [4.69, 9.17) is 57.6 Å². The lowest BCUT2D eigenvalue weighted by Gasteiger charge is -2.09. The molecule has 0 aromatic carbocycles. The summed E-state index contributed by atoms with van der Waals surface area (Å²) in [6.07, 6.45) is 0.651. The van der Waals surface area contributed by atoms with Crippen LogP contribution in [-0.4, -0.2) is 156 Å². The van der Waals surface area contributed by atoms with E-state index in [0.717, 1.165) is 0 Å². The van der Waals surface area contributed by atoms with Crippen LogP contribution in [0.1, 0.15) is 6.42 Å². The highest BCUT2D eigenvalue weighted by Crippen LogP contribution is 1.87. The number of hydrogen-bond acceptors (Lipinski definition) is 12. The maximum absolute atomic E-state index is 8.61. The Labute approximate surface area is 209 Å². The molecule has 0 saturated carbocycles. The van der Waals surface area contributed by atoms with Crippen molar-refractivity contribution in [3.05, 3.63) is 0 Å². The van der Waals surface area contributed by atoms with Crippen molar-refractivity contribution in [2.45, 2.75) is 6.42 Å². The minimum absolute atomic E-state index is 0.0267. The molecule has 0 fully saturated rings. The van der Waals surface area contributed by atoms with Gasteiger partial charge >= 0.3 is 0 Å². The summed E-state index contributed by atoms with van der Waals surface area (Å²) in [4.78, 5) is 0. The van der Waals surface area contributed by atoms with Gasteiger partial charge in [-0.2, -0.15) is 0 Å². The van der Waals surface area contributed by atoms with Gasteiger partial charge in [0.15, 0.2) is 0 Å². The van der Waals surface area contributed by atoms with Crippen molar-refractivity contribution in [2.24, 2.45) is 0 Å². The molecule has 0 aliphatic heterocycles. The number of ether oxygens (including phenoxy) is 10. The summed E-state index contributed by atoms with van der Waals surface area (Å²) in [5, 5.41) is 17.2. The van der Waals surface area contributed by atoms with Gasteiger partial charge in [-0.15, -0.1) is 0 Å². The molecule has 0 bridgehead atoms. The molecule has 0 atom stereocenters. The Bertz CT molecular complexity index is 333. The summed E-state index contributed by atoms with van der Waals surface area (Å²) in [7, 11) is 0. The molecule has 0 unspecified atom stereocenters. The lowest BCUT2D eigenvalue weighted by atomic mass is 10.5. The molecule has 0 aromatic heterocycles. The summed E-state index contributed by atoms with van der Waals surface area (Å²) < 4.78 is 53.5. The van der Waals surface area contributed by atoms with E-state index in [1.807, 2.05) is 0 Å². The Hall–Kier alpha value is -0.480. The Kier molecular flexibility index (Phi) is 33.1. The predicted molar refractivity (Wildman–Crippen MR) is 127 cm³/mol. The van der Waals surface area contributed by atoms with Crippen LogP contribution in [0.4, 0.5) is 0 Å². The molecule has 0 saturated heterocycles. The van der Waals surface area contributed by atoms with Gasteiger partial charge in [0.05, 0.1) is 132 Å². The molecule has 0 amide bonds. The Morgan fingerprint density at radius 2 is 0.429 bits per heavy atom. The fraction of sp³-hybridized carbons (Fsp3) is 1.00. The molecule has 0 aromatic rings. The van der Waals surface area contributed by atoms with E-state index in [2.05, 4.69) is 0 Å². The second-order valence-electron chi connectivity index (χ2n) is 6.92. The smallest absolute Gasteiger partial charge is 0.0701 e. The predicted octanol–water partition coefficient (Wildman–Crippen LogP) is -0.473.